The molecule has 23 heavy (non-hydrogen) atoms. The number of rotatable bonds is 8. The largest absolute Gasteiger partial charge is 0.494 e. The number of carbonyl (C=O) groups is 1. The molecule has 0 unspecified atom stereocenters. The number of hydrogen-bond acceptors (Lipinski definition) is 6. The Morgan fingerprint density at radius 1 is 1.48 bits per heavy atom. The smallest absolute Gasteiger partial charge is 0.251 e. The highest BCUT2D eigenvalue weighted by molar-refractivity contribution is 5.94. The lowest BCUT2D eigenvalue weighted by Crippen LogP contribution is -2.30. The third-order valence-corrected chi connectivity index (χ3v) is 3.03. The Balaban J connectivity index is 1.79. The van der Waals surface area contributed by atoms with E-state index in [1.54, 1.807) is 38.1 Å². The van der Waals surface area contributed by atoms with E-state index >= 15 is 0 Å². The lowest BCUT2D eigenvalue weighted by molar-refractivity contribution is 0.0923. The number of aliphatic hydroxyl groups is 1. The van der Waals surface area contributed by atoms with Gasteiger partial charge in [-0.2, -0.15) is 4.98 Å². The second kappa shape index (κ2) is 8.28. The highest BCUT2D eigenvalue weighted by atomic mass is 16.5. The predicted molar refractivity (Wildman–Crippen MR) is 83.3 cm³/mol. The molecular weight excluding hydrogens is 298 g/mol. The van der Waals surface area contributed by atoms with Crippen molar-refractivity contribution in [3.05, 3.63) is 41.5 Å². The average Bonchev–Trinajstić information content (AvgIpc) is 2.95. The average molecular weight is 319 g/mol. The van der Waals surface area contributed by atoms with Gasteiger partial charge in [0.2, 0.25) is 5.89 Å². The SMILES string of the molecule is Cc1noc(CCCOc2cccc(C(=O)NC[C@@H](C)O)c2)n1. The number of aryl methyl sites for hydroxylation is 2. The van der Waals surface area contributed by atoms with Gasteiger partial charge in [-0.05, 0) is 38.5 Å². The van der Waals surface area contributed by atoms with E-state index in [-0.39, 0.29) is 12.5 Å². The van der Waals surface area contributed by atoms with Crippen molar-refractivity contribution < 1.29 is 19.2 Å². The molecule has 2 aromatic rings. The summed E-state index contributed by atoms with van der Waals surface area (Å²) >= 11 is 0. The molecule has 1 amide bonds. The van der Waals surface area contributed by atoms with Crippen molar-refractivity contribution >= 4 is 5.91 Å². The molecular formula is C16H21N3O4. The van der Waals surface area contributed by atoms with Gasteiger partial charge < -0.3 is 19.7 Å². The number of carbonyl (C=O) groups excluding carboxylic acids is 1. The summed E-state index contributed by atoms with van der Waals surface area (Å²) in [6.07, 6.45) is 0.807. The molecule has 1 atom stereocenters. The number of amides is 1. The Bertz CT molecular complexity index is 640. The molecule has 0 fully saturated rings. The van der Waals surface area contributed by atoms with Crippen LogP contribution in [0, 0.1) is 6.92 Å². The fourth-order valence-corrected chi connectivity index (χ4v) is 1.92. The quantitative estimate of drug-likeness (QED) is 0.716. The van der Waals surface area contributed by atoms with Crippen molar-refractivity contribution in [2.45, 2.75) is 32.8 Å². The molecule has 0 bridgehead atoms. The van der Waals surface area contributed by atoms with Gasteiger partial charge in [-0.1, -0.05) is 11.2 Å². The normalized spacial score (nSPS) is 12.0. The van der Waals surface area contributed by atoms with Gasteiger partial charge in [0, 0.05) is 18.5 Å². The van der Waals surface area contributed by atoms with Crippen molar-refractivity contribution in [1.29, 1.82) is 0 Å². The summed E-state index contributed by atoms with van der Waals surface area (Å²) in [5.74, 6) is 1.60. The van der Waals surface area contributed by atoms with Crippen LogP contribution in [0.25, 0.3) is 0 Å². The van der Waals surface area contributed by atoms with Crippen LogP contribution in [0.3, 0.4) is 0 Å². The first-order valence-corrected chi connectivity index (χ1v) is 7.53. The van der Waals surface area contributed by atoms with Crippen LogP contribution in [0.5, 0.6) is 5.75 Å². The summed E-state index contributed by atoms with van der Waals surface area (Å²) in [5.41, 5.74) is 0.496. The zero-order chi connectivity index (χ0) is 16.7. The number of ether oxygens (including phenoxy) is 1. The molecule has 2 N–H and O–H groups in total. The topological polar surface area (TPSA) is 97.5 Å². The minimum absolute atomic E-state index is 0.216. The van der Waals surface area contributed by atoms with Crippen LogP contribution < -0.4 is 10.1 Å². The second-order valence-electron chi connectivity index (χ2n) is 5.27. The zero-order valence-corrected chi connectivity index (χ0v) is 13.3. The first-order chi connectivity index (χ1) is 11.0. The molecule has 0 aliphatic rings. The van der Waals surface area contributed by atoms with Gasteiger partial charge in [-0.25, -0.2) is 0 Å². The standard InChI is InChI=1S/C16H21N3O4/c1-11(20)10-17-16(21)13-5-3-6-14(9-13)22-8-4-7-15-18-12(2)19-23-15/h3,5-6,9,11,20H,4,7-8,10H2,1-2H3,(H,17,21)/t11-/m1/s1. The van der Waals surface area contributed by atoms with Crippen molar-refractivity contribution in [1.82, 2.24) is 15.5 Å². The number of aliphatic hydroxyl groups excluding tert-OH is 1. The maximum Gasteiger partial charge on any atom is 0.251 e. The third-order valence-electron chi connectivity index (χ3n) is 3.03. The van der Waals surface area contributed by atoms with Gasteiger partial charge in [-0.15, -0.1) is 0 Å². The van der Waals surface area contributed by atoms with E-state index < -0.39 is 6.10 Å². The number of nitrogens with zero attached hydrogens (tertiary/aromatic N) is 2. The van der Waals surface area contributed by atoms with Gasteiger partial charge in [-0.3, -0.25) is 4.79 Å². The Kier molecular flexibility index (Phi) is 6.10. The molecule has 0 aliphatic carbocycles. The van der Waals surface area contributed by atoms with Gasteiger partial charge in [0.15, 0.2) is 5.82 Å². The minimum atomic E-state index is -0.577. The second-order valence-corrected chi connectivity index (χ2v) is 5.27. The lowest BCUT2D eigenvalue weighted by Gasteiger charge is -2.09. The van der Waals surface area contributed by atoms with Crippen LogP contribution in [0.4, 0.5) is 0 Å². The molecule has 0 saturated carbocycles. The Labute approximate surface area is 134 Å². The van der Waals surface area contributed by atoms with Crippen molar-refractivity contribution in [3.63, 3.8) is 0 Å². The molecule has 0 aliphatic heterocycles. The fourth-order valence-electron chi connectivity index (χ4n) is 1.92. The highest BCUT2D eigenvalue weighted by Gasteiger charge is 2.08. The summed E-state index contributed by atoms with van der Waals surface area (Å²) in [6, 6.07) is 6.93. The number of aromatic nitrogens is 2. The van der Waals surface area contributed by atoms with Crippen molar-refractivity contribution in [3.8, 4) is 5.75 Å². The Morgan fingerprint density at radius 3 is 3.00 bits per heavy atom. The molecule has 2 rings (SSSR count). The van der Waals surface area contributed by atoms with E-state index in [1.165, 1.54) is 0 Å². The van der Waals surface area contributed by atoms with Gasteiger partial charge in [0.1, 0.15) is 5.75 Å². The van der Waals surface area contributed by atoms with E-state index in [1.807, 2.05) is 0 Å². The lowest BCUT2D eigenvalue weighted by atomic mass is 10.2. The van der Waals surface area contributed by atoms with Crippen LogP contribution >= 0.6 is 0 Å². The maximum atomic E-state index is 11.9. The van der Waals surface area contributed by atoms with Crippen LogP contribution in [0.2, 0.25) is 0 Å². The van der Waals surface area contributed by atoms with Crippen LogP contribution in [0.1, 0.15) is 35.4 Å². The summed E-state index contributed by atoms with van der Waals surface area (Å²) in [5, 5.41) is 15.6. The maximum absolute atomic E-state index is 11.9. The van der Waals surface area contributed by atoms with E-state index in [0.29, 0.717) is 36.1 Å². The summed E-state index contributed by atoms with van der Waals surface area (Å²) < 4.78 is 10.7. The molecule has 0 saturated heterocycles. The molecule has 1 aromatic carbocycles. The van der Waals surface area contributed by atoms with Gasteiger partial charge in [0.05, 0.1) is 12.7 Å². The van der Waals surface area contributed by atoms with Crippen LogP contribution in [0.15, 0.2) is 28.8 Å². The van der Waals surface area contributed by atoms with E-state index in [2.05, 4.69) is 15.5 Å². The molecule has 7 heteroatoms. The molecule has 7 nitrogen and oxygen atoms in total. The van der Waals surface area contributed by atoms with Crippen molar-refractivity contribution in [2.24, 2.45) is 0 Å². The van der Waals surface area contributed by atoms with E-state index in [9.17, 15) is 9.90 Å². The van der Waals surface area contributed by atoms with Gasteiger partial charge in [0.25, 0.3) is 5.91 Å². The van der Waals surface area contributed by atoms with E-state index in [0.717, 1.165) is 6.42 Å². The zero-order valence-electron chi connectivity index (χ0n) is 13.3. The first-order valence-electron chi connectivity index (χ1n) is 7.53. The molecule has 124 valence electrons. The van der Waals surface area contributed by atoms with Crippen LogP contribution in [-0.2, 0) is 6.42 Å². The highest BCUT2D eigenvalue weighted by Crippen LogP contribution is 2.14. The molecule has 1 aromatic heterocycles. The monoisotopic (exact) mass is 319 g/mol. The Hall–Kier alpha value is -2.41. The van der Waals surface area contributed by atoms with Crippen molar-refractivity contribution in [2.75, 3.05) is 13.2 Å². The third kappa shape index (κ3) is 5.71. The number of nitrogens with one attached hydrogen (secondary N) is 1. The Morgan fingerprint density at radius 2 is 2.30 bits per heavy atom. The molecule has 1 heterocycles. The number of benzene rings is 1. The first kappa shape index (κ1) is 17.0. The summed E-state index contributed by atoms with van der Waals surface area (Å²) in [7, 11) is 0. The minimum Gasteiger partial charge on any atom is -0.494 e. The van der Waals surface area contributed by atoms with Gasteiger partial charge >= 0.3 is 0 Å². The molecule has 0 spiro atoms. The summed E-state index contributed by atoms with van der Waals surface area (Å²) in [6.45, 7) is 4.09. The summed E-state index contributed by atoms with van der Waals surface area (Å²) in [4.78, 5) is 16.0. The molecule has 0 radical (unpaired) electrons. The fraction of sp³-hybridized carbons (Fsp3) is 0.438. The number of hydrogen-bond donors (Lipinski definition) is 2. The predicted octanol–water partition coefficient (Wildman–Crippen LogP) is 1.50. The van der Waals surface area contributed by atoms with E-state index in [4.69, 9.17) is 9.26 Å². The van der Waals surface area contributed by atoms with Crippen LogP contribution in [-0.4, -0.2) is 40.4 Å².